The number of benzene rings is 2. The first-order valence-corrected chi connectivity index (χ1v) is 10.2. The van der Waals surface area contributed by atoms with Crippen molar-refractivity contribution in [1.29, 1.82) is 0 Å². The molecule has 33 heavy (non-hydrogen) atoms. The molecule has 2 aromatic carbocycles. The van der Waals surface area contributed by atoms with E-state index in [1.54, 1.807) is 24.3 Å². The fourth-order valence-electron chi connectivity index (χ4n) is 3.82. The van der Waals surface area contributed by atoms with Crippen LogP contribution in [0.25, 0.3) is 11.1 Å². The number of hydrogen-bond donors (Lipinski definition) is 1. The van der Waals surface area contributed by atoms with Gasteiger partial charge in [0.25, 0.3) is 5.91 Å². The minimum absolute atomic E-state index is 0.153. The van der Waals surface area contributed by atoms with Crippen LogP contribution >= 0.6 is 0 Å². The first kappa shape index (κ1) is 22.8. The molecule has 1 saturated carbocycles. The van der Waals surface area contributed by atoms with Gasteiger partial charge in [-0.1, -0.05) is 12.1 Å². The molecule has 0 radical (unpaired) electrons. The van der Waals surface area contributed by atoms with Gasteiger partial charge in [-0.3, -0.25) is 9.59 Å². The lowest BCUT2D eigenvalue weighted by molar-refractivity contribution is -0.178. The third kappa shape index (κ3) is 4.69. The smallest absolute Gasteiger partial charge is 0.399 e. The molecule has 1 aliphatic heterocycles. The van der Waals surface area contributed by atoms with Crippen molar-refractivity contribution in [3.8, 4) is 28.4 Å². The molecule has 1 aliphatic carbocycles. The lowest BCUT2D eigenvalue weighted by Crippen LogP contribution is -2.29. The summed E-state index contributed by atoms with van der Waals surface area (Å²) in [5, 5.41) is 2.79. The van der Waals surface area contributed by atoms with Crippen molar-refractivity contribution in [2.45, 2.75) is 37.6 Å². The van der Waals surface area contributed by atoms with Gasteiger partial charge in [0.05, 0.1) is 14.2 Å². The molecule has 10 heteroatoms. The Morgan fingerprint density at radius 3 is 2.39 bits per heavy atom. The zero-order valence-corrected chi connectivity index (χ0v) is 18.0. The van der Waals surface area contributed by atoms with Gasteiger partial charge < -0.3 is 24.3 Å². The highest BCUT2D eigenvalue weighted by molar-refractivity contribution is 6.01. The fraction of sp³-hybridized carbons (Fsp3) is 0.391. The summed E-state index contributed by atoms with van der Waals surface area (Å²) in [6.07, 6.45) is -5.52. The predicted molar refractivity (Wildman–Crippen MR) is 110 cm³/mol. The third-order valence-corrected chi connectivity index (χ3v) is 5.60. The van der Waals surface area contributed by atoms with E-state index in [-0.39, 0.29) is 24.0 Å². The van der Waals surface area contributed by atoms with Crippen LogP contribution in [0.1, 0.15) is 35.2 Å². The quantitative estimate of drug-likeness (QED) is 0.593. The van der Waals surface area contributed by atoms with Gasteiger partial charge in [0.15, 0.2) is 11.5 Å². The lowest BCUT2D eigenvalue weighted by atomic mass is 9.95. The second kappa shape index (κ2) is 8.49. The minimum atomic E-state index is -4.64. The second-order valence-electron chi connectivity index (χ2n) is 7.93. The van der Waals surface area contributed by atoms with Gasteiger partial charge in [0, 0.05) is 17.7 Å². The average molecular weight is 465 g/mol. The monoisotopic (exact) mass is 465 g/mol. The first-order chi connectivity index (χ1) is 15.7. The maximum absolute atomic E-state index is 12.5. The fourth-order valence-corrected chi connectivity index (χ4v) is 3.82. The summed E-state index contributed by atoms with van der Waals surface area (Å²) < 4.78 is 59.6. The van der Waals surface area contributed by atoms with Crippen molar-refractivity contribution in [3.05, 3.63) is 41.5 Å². The van der Waals surface area contributed by atoms with E-state index in [0.717, 1.165) is 11.1 Å². The van der Waals surface area contributed by atoms with E-state index in [1.165, 1.54) is 14.2 Å². The van der Waals surface area contributed by atoms with Crippen molar-refractivity contribution in [2.24, 2.45) is 0 Å². The Morgan fingerprint density at radius 1 is 1.03 bits per heavy atom. The molecule has 0 aromatic heterocycles. The number of hydrogen-bond acceptors (Lipinski definition) is 6. The summed E-state index contributed by atoms with van der Waals surface area (Å²) >= 11 is 0. The SMILES string of the molecule is COc1ccc(-c2cccc3c2CNC3=O)c(OCC2(OC(=O)CC(F)(F)F)CC2)c1OC. The Labute approximate surface area is 187 Å². The van der Waals surface area contributed by atoms with Gasteiger partial charge in [-0.2, -0.15) is 13.2 Å². The number of amides is 1. The van der Waals surface area contributed by atoms with Gasteiger partial charge in [0.2, 0.25) is 5.75 Å². The standard InChI is InChI=1S/C23H22F3NO6/c1-30-17-7-6-14(13-4-3-5-15-16(13)11-27-21(15)29)19(20(17)31-2)32-12-22(8-9-22)33-18(28)10-23(24,25)26/h3-7H,8-12H2,1-2H3,(H,27,29). The van der Waals surface area contributed by atoms with E-state index in [1.807, 2.05) is 6.07 Å². The van der Waals surface area contributed by atoms with Gasteiger partial charge in [-0.15, -0.1) is 0 Å². The number of alkyl halides is 3. The van der Waals surface area contributed by atoms with Gasteiger partial charge in [-0.25, -0.2) is 0 Å². The molecule has 7 nitrogen and oxygen atoms in total. The van der Waals surface area contributed by atoms with E-state index in [9.17, 15) is 22.8 Å². The number of fused-ring (bicyclic) bond motifs is 1. The zero-order valence-electron chi connectivity index (χ0n) is 18.0. The van der Waals surface area contributed by atoms with Crippen molar-refractivity contribution in [3.63, 3.8) is 0 Å². The number of esters is 1. The van der Waals surface area contributed by atoms with E-state index in [0.29, 0.717) is 36.3 Å². The van der Waals surface area contributed by atoms with Crippen LogP contribution in [-0.4, -0.2) is 44.5 Å². The third-order valence-electron chi connectivity index (χ3n) is 5.60. The summed E-state index contributed by atoms with van der Waals surface area (Å²) in [5.74, 6) is -0.572. The van der Waals surface area contributed by atoms with Crippen LogP contribution in [0, 0.1) is 0 Å². The van der Waals surface area contributed by atoms with E-state index in [2.05, 4.69) is 5.32 Å². The molecule has 0 saturated heterocycles. The summed E-state index contributed by atoms with van der Waals surface area (Å²) in [6.45, 7) is 0.191. The minimum Gasteiger partial charge on any atom is -0.493 e. The van der Waals surface area contributed by atoms with Crippen molar-refractivity contribution >= 4 is 11.9 Å². The molecule has 0 atom stereocenters. The molecule has 4 rings (SSSR count). The van der Waals surface area contributed by atoms with Crippen LogP contribution in [-0.2, 0) is 16.1 Å². The summed E-state index contributed by atoms with van der Waals surface area (Å²) in [5.41, 5.74) is 1.56. The van der Waals surface area contributed by atoms with Crippen molar-refractivity contribution in [1.82, 2.24) is 5.32 Å². The Hall–Kier alpha value is -3.43. The summed E-state index contributed by atoms with van der Waals surface area (Å²) in [7, 11) is 2.90. The number of carbonyl (C=O) groups excluding carboxylic acids is 2. The Balaban J connectivity index is 1.66. The van der Waals surface area contributed by atoms with Crippen LogP contribution in [0.4, 0.5) is 13.2 Å². The highest BCUT2D eigenvalue weighted by atomic mass is 19.4. The molecule has 1 fully saturated rings. The maximum Gasteiger partial charge on any atom is 0.399 e. The van der Waals surface area contributed by atoms with E-state index in [4.69, 9.17) is 18.9 Å². The molecule has 1 N–H and O–H groups in total. The molecule has 0 bridgehead atoms. The number of halogens is 3. The molecule has 1 amide bonds. The summed E-state index contributed by atoms with van der Waals surface area (Å²) in [6, 6.07) is 8.76. The Bertz CT molecular complexity index is 1090. The van der Waals surface area contributed by atoms with Crippen molar-refractivity contribution < 1.29 is 41.7 Å². The van der Waals surface area contributed by atoms with Crippen LogP contribution < -0.4 is 19.5 Å². The van der Waals surface area contributed by atoms with Gasteiger partial charge in [-0.05, 0) is 42.2 Å². The molecule has 0 spiro atoms. The molecular weight excluding hydrogens is 443 g/mol. The topological polar surface area (TPSA) is 83.1 Å². The molecular formula is C23H22F3NO6. The highest BCUT2D eigenvalue weighted by Gasteiger charge is 2.49. The highest BCUT2D eigenvalue weighted by Crippen LogP contribution is 2.48. The van der Waals surface area contributed by atoms with Crippen LogP contribution in [0.15, 0.2) is 30.3 Å². The number of methoxy groups -OCH3 is 2. The van der Waals surface area contributed by atoms with Gasteiger partial charge >= 0.3 is 12.1 Å². The number of rotatable bonds is 8. The Morgan fingerprint density at radius 2 is 1.76 bits per heavy atom. The second-order valence-corrected chi connectivity index (χ2v) is 7.93. The summed E-state index contributed by atoms with van der Waals surface area (Å²) in [4.78, 5) is 23.8. The van der Waals surface area contributed by atoms with E-state index < -0.39 is 24.2 Å². The van der Waals surface area contributed by atoms with E-state index >= 15 is 0 Å². The number of nitrogens with one attached hydrogen (secondary N) is 1. The molecule has 176 valence electrons. The van der Waals surface area contributed by atoms with Crippen LogP contribution in [0.2, 0.25) is 0 Å². The predicted octanol–water partition coefficient (Wildman–Crippen LogP) is 4.02. The normalized spacial score (nSPS) is 16.0. The molecule has 1 heterocycles. The first-order valence-electron chi connectivity index (χ1n) is 10.2. The molecule has 2 aliphatic rings. The number of carbonyl (C=O) groups is 2. The van der Waals surface area contributed by atoms with Gasteiger partial charge in [0.1, 0.15) is 18.6 Å². The largest absolute Gasteiger partial charge is 0.493 e. The number of ether oxygens (including phenoxy) is 4. The van der Waals surface area contributed by atoms with Crippen LogP contribution in [0.3, 0.4) is 0 Å². The molecule has 2 aromatic rings. The lowest BCUT2D eigenvalue weighted by Gasteiger charge is -2.22. The Kier molecular flexibility index (Phi) is 5.85. The van der Waals surface area contributed by atoms with Crippen LogP contribution in [0.5, 0.6) is 17.2 Å². The zero-order chi connectivity index (χ0) is 23.8. The average Bonchev–Trinajstić information content (AvgIpc) is 3.42. The molecule has 0 unspecified atom stereocenters. The van der Waals surface area contributed by atoms with Crippen molar-refractivity contribution in [2.75, 3.05) is 20.8 Å². The maximum atomic E-state index is 12.5.